The number of benzene rings is 1. The third-order valence-corrected chi connectivity index (χ3v) is 3.41. The average molecular weight is 301 g/mol. The Morgan fingerprint density at radius 2 is 2.18 bits per heavy atom. The first-order chi connectivity index (χ1) is 10.6. The highest BCUT2D eigenvalue weighted by Crippen LogP contribution is 2.25. The van der Waals surface area contributed by atoms with Crippen LogP contribution in [0.3, 0.4) is 0 Å². The lowest BCUT2D eigenvalue weighted by Crippen LogP contribution is -2.21. The van der Waals surface area contributed by atoms with Crippen molar-refractivity contribution >= 4 is 11.4 Å². The molecular formula is C16H19N3O3. The number of nitrogens with zero attached hydrogens (tertiary/aromatic N) is 2. The van der Waals surface area contributed by atoms with Crippen molar-refractivity contribution in [2.45, 2.75) is 13.3 Å². The van der Waals surface area contributed by atoms with Gasteiger partial charge in [0.2, 0.25) is 0 Å². The first-order valence-electron chi connectivity index (χ1n) is 7.10. The smallest absolute Gasteiger partial charge is 0.292 e. The molecule has 0 radical (unpaired) electrons. The molecule has 0 spiro atoms. The van der Waals surface area contributed by atoms with Crippen molar-refractivity contribution in [2.24, 2.45) is 5.92 Å². The van der Waals surface area contributed by atoms with Gasteiger partial charge in [0.15, 0.2) is 0 Å². The number of rotatable bonds is 7. The third kappa shape index (κ3) is 4.26. The fourth-order valence-corrected chi connectivity index (χ4v) is 2.21. The molecule has 0 aliphatic carbocycles. The molecule has 0 aliphatic rings. The lowest BCUT2D eigenvalue weighted by atomic mass is 10.0. The third-order valence-electron chi connectivity index (χ3n) is 3.41. The molecule has 1 unspecified atom stereocenters. The predicted molar refractivity (Wildman–Crippen MR) is 84.8 cm³/mol. The van der Waals surface area contributed by atoms with Crippen LogP contribution in [0.15, 0.2) is 42.6 Å². The molecule has 116 valence electrons. The largest absolute Gasteiger partial charge is 0.396 e. The van der Waals surface area contributed by atoms with E-state index in [1.165, 1.54) is 6.07 Å². The summed E-state index contributed by atoms with van der Waals surface area (Å²) in [6.45, 7) is 2.24. The van der Waals surface area contributed by atoms with Crippen LogP contribution in [0.4, 0.5) is 11.4 Å². The van der Waals surface area contributed by atoms with Gasteiger partial charge in [0.05, 0.1) is 4.92 Å². The number of hydrogen-bond acceptors (Lipinski definition) is 5. The number of aryl methyl sites for hydroxylation is 1. The van der Waals surface area contributed by atoms with Gasteiger partial charge in [-0.25, -0.2) is 0 Å². The van der Waals surface area contributed by atoms with E-state index in [0.717, 1.165) is 11.3 Å². The number of aromatic nitrogens is 1. The normalized spacial score (nSPS) is 11.9. The first-order valence-corrected chi connectivity index (χ1v) is 7.10. The van der Waals surface area contributed by atoms with Gasteiger partial charge in [0, 0.05) is 37.0 Å². The van der Waals surface area contributed by atoms with Crippen molar-refractivity contribution in [3.63, 3.8) is 0 Å². The van der Waals surface area contributed by atoms with E-state index in [2.05, 4.69) is 10.3 Å². The summed E-state index contributed by atoms with van der Waals surface area (Å²) in [5.74, 6) is -0.0594. The first kappa shape index (κ1) is 15.9. The van der Waals surface area contributed by atoms with Gasteiger partial charge in [-0.1, -0.05) is 12.1 Å². The molecule has 0 amide bonds. The topological polar surface area (TPSA) is 88.3 Å². The summed E-state index contributed by atoms with van der Waals surface area (Å²) in [4.78, 5) is 14.9. The molecule has 1 heterocycles. The second kappa shape index (κ2) is 7.51. The molecule has 0 saturated heterocycles. The van der Waals surface area contributed by atoms with Crippen LogP contribution in [0.5, 0.6) is 0 Å². The van der Waals surface area contributed by atoms with Crippen LogP contribution >= 0.6 is 0 Å². The van der Waals surface area contributed by atoms with Crippen molar-refractivity contribution < 1.29 is 10.0 Å². The van der Waals surface area contributed by atoms with Crippen molar-refractivity contribution in [1.82, 2.24) is 4.98 Å². The molecule has 0 saturated carbocycles. The molecule has 6 nitrogen and oxygen atoms in total. The van der Waals surface area contributed by atoms with Crippen molar-refractivity contribution in [1.29, 1.82) is 0 Å². The standard InChI is InChI=1S/C16H19N3O3/c1-12-5-6-15(16(8-12)19(21)22)18-10-13(11-20)9-14-4-2-3-7-17-14/h2-8,13,18,20H,9-11H2,1H3. The maximum absolute atomic E-state index is 11.1. The van der Waals surface area contributed by atoms with Crippen LogP contribution < -0.4 is 5.32 Å². The molecular weight excluding hydrogens is 282 g/mol. The van der Waals surface area contributed by atoms with E-state index in [4.69, 9.17) is 0 Å². The monoisotopic (exact) mass is 301 g/mol. The van der Waals surface area contributed by atoms with Crippen molar-refractivity contribution in [3.8, 4) is 0 Å². The van der Waals surface area contributed by atoms with Gasteiger partial charge >= 0.3 is 0 Å². The molecule has 6 heteroatoms. The quantitative estimate of drug-likeness (QED) is 0.606. The molecule has 1 aromatic carbocycles. The molecule has 2 aromatic rings. The van der Waals surface area contributed by atoms with Crippen molar-refractivity contribution in [2.75, 3.05) is 18.5 Å². The summed E-state index contributed by atoms with van der Waals surface area (Å²) in [7, 11) is 0. The molecule has 1 atom stereocenters. The molecule has 2 rings (SSSR count). The summed E-state index contributed by atoms with van der Waals surface area (Å²) in [6.07, 6.45) is 2.33. The fraction of sp³-hybridized carbons (Fsp3) is 0.312. The number of anilines is 1. The van der Waals surface area contributed by atoms with E-state index in [1.54, 1.807) is 12.3 Å². The minimum Gasteiger partial charge on any atom is -0.396 e. The number of hydrogen-bond donors (Lipinski definition) is 2. The van der Waals surface area contributed by atoms with E-state index >= 15 is 0 Å². The zero-order valence-corrected chi connectivity index (χ0v) is 12.4. The zero-order chi connectivity index (χ0) is 15.9. The van der Waals surface area contributed by atoms with Gasteiger partial charge in [-0.05, 0) is 37.1 Å². The number of aliphatic hydroxyl groups excluding tert-OH is 1. The van der Waals surface area contributed by atoms with Gasteiger partial charge < -0.3 is 10.4 Å². The van der Waals surface area contributed by atoms with E-state index in [-0.39, 0.29) is 18.2 Å². The predicted octanol–water partition coefficient (Wildman–Crippen LogP) is 2.56. The van der Waals surface area contributed by atoms with Crippen LogP contribution in [0.25, 0.3) is 0 Å². The van der Waals surface area contributed by atoms with Crippen LogP contribution in [0.2, 0.25) is 0 Å². The maximum Gasteiger partial charge on any atom is 0.292 e. The Balaban J connectivity index is 2.03. The molecule has 22 heavy (non-hydrogen) atoms. The maximum atomic E-state index is 11.1. The second-order valence-electron chi connectivity index (χ2n) is 5.23. The summed E-state index contributed by atoms with van der Waals surface area (Å²) in [5.41, 5.74) is 2.25. The highest BCUT2D eigenvalue weighted by Gasteiger charge is 2.15. The number of nitro groups is 1. The van der Waals surface area contributed by atoms with Crippen LogP contribution in [-0.4, -0.2) is 28.2 Å². The number of pyridine rings is 1. The van der Waals surface area contributed by atoms with Crippen LogP contribution in [0.1, 0.15) is 11.3 Å². The lowest BCUT2D eigenvalue weighted by molar-refractivity contribution is -0.384. The van der Waals surface area contributed by atoms with Gasteiger partial charge in [-0.2, -0.15) is 0 Å². The van der Waals surface area contributed by atoms with Gasteiger partial charge in [-0.3, -0.25) is 15.1 Å². The summed E-state index contributed by atoms with van der Waals surface area (Å²) >= 11 is 0. The summed E-state index contributed by atoms with van der Waals surface area (Å²) in [5, 5.41) is 23.6. The Kier molecular flexibility index (Phi) is 5.43. The summed E-state index contributed by atoms with van der Waals surface area (Å²) < 4.78 is 0. The minimum atomic E-state index is -0.401. The Labute approximate surface area is 129 Å². The van der Waals surface area contributed by atoms with Gasteiger partial charge in [-0.15, -0.1) is 0 Å². The fourth-order valence-electron chi connectivity index (χ4n) is 2.21. The van der Waals surface area contributed by atoms with E-state index < -0.39 is 4.92 Å². The van der Waals surface area contributed by atoms with E-state index in [0.29, 0.717) is 18.7 Å². The Hall–Kier alpha value is -2.47. The number of aliphatic hydroxyl groups is 1. The number of nitro benzene ring substituents is 1. The zero-order valence-electron chi connectivity index (χ0n) is 12.4. The lowest BCUT2D eigenvalue weighted by Gasteiger charge is -2.15. The second-order valence-corrected chi connectivity index (χ2v) is 5.23. The molecule has 2 N–H and O–H groups in total. The number of nitrogens with one attached hydrogen (secondary N) is 1. The Morgan fingerprint density at radius 1 is 1.36 bits per heavy atom. The highest BCUT2D eigenvalue weighted by molar-refractivity contribution is 5.62. The average Bonchev–Trinajstić information content (AvgIpc) is 2.53. The van der Waals surface area contributed by atoms with Crippen LogP contribution in [-0.2, 0) is 6.42 Å². The van der Waals surface area contributed by atoms with E-state index in [1.807, 2.05) is 31.2 Å². The SMILES string of the molecule is Cc1ccc(NCC(CO)Cc2ccccn2)c([N+](=O)[O-])c1. The van der Waals surface area contributed by atoms with Gasteiger partial charge in [0.25, 0.3) is 5.69 Å². The van der Waals surface area contributed by atoms with Gasteiger partial charge in [0.1, 0.15) is 5.69 Å². The van der Waals surface area contributed by atoms with Crippen molar-refractivity contribution in [3.05, 3.63) is 64.0 Å². The molecule has 0 aliphatic heterocycles. The Bertz CT molecular complexity index is 632. The minimum absolute atomic E-state index is 0.0107. The van der Waals surface area contributed by atoms with Crippen LogP contribution in [0, 0.1) is 23.0 Å². The molecule has 1 aromatic heterocycles. The molecule has 0 fully saturated rings. The Morgan fingerprint density at radius 3 is 2.82 bits per heavy atom. The molecule has 0 bridgehead atoms. The summed E-state index contributed by atoms with van der Waals surface area (Å²) in [6, 6.07) is 10.7. The van der Waals surface area contributed by atoms with E-state index in [9.17, 15) is 15.2 Å². The highest BCUT2D eigenvalue weighted by atomic mass is 16.6.